The molecule has 1 atom stereocenters. The number of nitrogens with one attached hydrogen (secondary N) is 1. The maximum atomic E-state index is 11.8. The summed E-state index contributed by atoms with van der Waals surface area (Å²) in [6, 6.07) is 16.0. The molecule has 0 fully saturated rings. The van der Waals surface area contributed by atoms with Crippen molar-refractivity contribution in [2.24, 2.45) is 0 Å². The van der Waals surface area contributed by atoms with E-state index in [2.05, 4.69) is 5.32 Å². The van der Waals surface area contributed by atoms with Crippen LogP contribution in [0.1, 0.15) is 28.9 Å². The highest BCUT2D eigenvalue weighted by Crippen LogP contribution is 2.12. The van der Waals surface area contributed by atoms with Crippen LogP contribution in [-0.4, -0.2) is 18.5 Å². The van der Waals surface area contributed by atoms with Crippen LogP contribution in [-0.2, 0) is 9.53 Å². The molecule has 2 aromatic carbocycles. The van der Waals surface area contributed by atoms with Gasteiger partial charge in [-0.25, -0.2) is 4.79 Å². The normalized spacial score (nSPS) is 11.5. The van der Waals surface area contributed by atoms with Crippen LogP contribution in [0.3, 0.4) is 0 Å². The number of carbonyl (C=O) groups is 2. The number of rotatable bonds is 5. The Morgan fingerprint density at radius 1 is 1.09 bits per heavy atom. The lowest BCUT2D eigenvalue weighted by molar-refractivity contribution is -0.124. The topological polar surface area (TPSA) is 81.4 Å². The van der Waals surface area contributed by atoms with E-state index in [-0.39, 0.29) is 24.1 Å². The molecule has 1 amide bonds. The number of nitrogen functional groups attached to an aromatic ring is 1. The van der Waals surface area contributed by atoms with Crippen LogP contribution in [0.5, 0.6) is 0 Å². The fraction of sp³-hybridized carbons (Fsp3) is 0.176. The highest BCUT2D eigenvalue weighted by Gasteiger charge is 2.14. The van der Waals surface area contributed by atoms with E-state index >= 15 is 0 Å². The third kappa shape index (κ3) is 4.09. The number of ether oxygens (including phenoxy) is 1. The second-order valence-electron chi connectivity index (χ2n) is 4.86. The summed E-state index contributed by atoms with van der Waals surface area (Å²) in [4.78, 5) is 23.7. The van der Waals surface area contributed by atoms with Crippen molar-refractivity contribution >= 4 is 17.6 Å². The van der Waals surface area contributed by atoms with Crippen LogP contribution in [0.25, 0.3) is 0 Å². The van der Waals surface area contributed by atoms with Crippen molar-refractivity contribution in [1.82, 2.24) is 5.32 Å². The number of para-hydroxylation sites is 1. The van der Waals surface area contributed by atoms with Gasteiger partial charge in [-0.05, 0) is 24.6 Å². The predicted molar refractivity (Wildman–Crippen MR) is 84.1 cm³/mol. The summed E-state index contributed by atoms with van der Waals surface area (Å²) < 4.78 is 4.98. The molecule has 0 aliphatic heterocycles. The Morgan fingerprint density at radius 3 is 2.41 bits per heavy atom. The quantitative estimate of drug-likeness (QED) is 0.655. The molecular weight excluding hydrogens is 280 g/mol. The van der Waals surface area contributed by atoms with Crippen LogP contribution < -0.4 is 11.1 Å². The summed E-state index contributed by atoms with van der Waals surface area (Å²) in [6.07, 6.45) is 0. The molecule has 3 N–H and O–H groups in total. The number of carbonyl (C=O) groups excluding carboxylic acids is 2. The third-order valence-corrected chi connectivity index (χ3v) is 3.19. The van der Waals surface area contributed by atoms with Crippen LogP contribution in [0.2, 0.25) is 0 Å². The summed E-state index contributed by atoms with van der Waals surface area (Å²) in [5.41, 5.74) is 7.24. The number of hydrogen-bond acceptors (Lipinski definition) is 4. The zero-order valence-corrected chi connectivity index (χ0v) is 12.3. The number of nitrogens with two attached hydrogens (primary N) is 1. The Kier molecular flexibility index (Phi) is 5.14. The zero-order valence-electron chi connectivity index (χ0n) is 12.3. The molecule has 2 aromatic rings. The van der Waals surface area contributed by atoms with E-state index in [0.717, 1.165) is 5.56 Å². The lowest BCUT2D eigenvalue weighted by Gasteiger charge is -2.14. The number of amides is 1. The zero-order chi connectivity index (χ0) is 15.9. The van der Waals surface area contributed by atoms with E-state index in [0.29, 0.717) is 5.69 Å². The summed E-state index contributed by atoms with van der Waals surface area (Å²) in [6.45, 7) is 1.52. The van der Waals surface area contributed by atoms with Crippen molar-refractivity contribution in [2.75, 3.05) is 12.3 Å². The van der Waals surface area contributed by atoms with Gasteiger partial charge in [0, 0.05) is 5.69 Å². The molecule has 0 radical (unpaired) electrons. The van der Waals surface area contributed by atoms with E-state index in [1.165, 1.54) is 0 Å². The van der Waals surface area contributed by atoms with E-state index in [1.807, 2.05) is 37.3 Å². The van der Waals surface area contributed by atoms with Gasteiger partial charge in [-0.15, -0.1) is 0 Å². The molecule has 5 nitrogen and oxygen atoms in total. The first-order chi connectivity index (χ1) is 10.6. The Hall–Kier alpha value is -2.82. The highest BCUT2D eigenvalue weighted by atomic mass is 16.5. The van der Waals surface area contributed by atoms with Crippen molar-refractivity contribution in [1.29, 1.82) is 0 Å². The van der Waals surface area contributed by atoms with Crippen LogP contribution in [0.4, 0.5) is 5.69 Å². The molecule has 22 heavy (non-hydrogen) atoms. The Morgan fingerprint density at radius 2 is 1.73 bits per heavy atom. The minimum atomic E-state index is -0.611. The van der Waals surface area contributed by atoms with E-state index in [1.54, 1.807) is 24.3 Å². The summed E-state index contributed by atoms with van der Waals surface area (Å²) in [7, 11) is 0. The molecule has 0 saturated heterocycles. The highest BCUT2D eigenvalue weighted by molar-refractivity contribution is 5.96. The molecule has 0 aromatic heterocycles. The van der Waals surface area contributed by atoms with Gasteiger partial charge >= 0.3 is 5.97 Å². The second kappa shape index (κ2) is 7.26. The Labute approximate surface area is 129 Å². The van der Waals surface area contributed by atoms with Crippen molar-refractivity contribution in [3.8, 4) is 0 Å². The van der Waals surface area contributed by atoms with Crippen molar-refractivity contribution in [3.05, 3.63) is 65.7 Å². The Balaban J connectivity index is 1.85. The predicted octanol–water partition coefficient (Wildman–Crippen LogP) is 2.30. The van der Waals surface area contributed by atoms with Gasteiger partial charge in [-0.1, -0.05) is 42.5 Å². The molecule has 2 rings (SSSR count). The minimum Gasteiger partial charge on any atom is -0.452 e. The van der Waals surface area contributed by atoms with Crippen LogP contribution >= 0.6 is 0 Å². The van der Waals surface area contributed by atoms with Crippen molar-refractivity contribution in [2.45, 2.75) is 13.0 Å². The number of benzene rings is 2. The molecule has 0 aliphatic carbocycles. The average Bonchev–Trinajstić information content (AvgIpc) is 2.54. The molecule has 0 bridgehead atoms. The standard InChI is InChI=1S/C17H18N2O3/c1-12(13-7-3-2-4-8-13)19-16(20)11-22-17(21)14-9-5-6-10-15(14)18/h2-10,12H,11,18H2,1H3,(H,19,20)/t12-/m1/s1. The number of anilines is 1. The first-order valence-electron chi connectivity index (χ1n) is 6.94. The molecule has 0 spiro atoms. The van der Waals surface area contributed by atoms with E-state index in [4.69, 9.17) is 10.5 Å². The summed E-state index contributed by atoms with van der Waals surface area (Å²) >= 11 is 0. The molecule has 0 aliphatic rings. The van der Waals surface area contributed by atoms with Crippen LogP contribution in [0, 0.1) is 0 Å². The van der Waals surface area contributed by atoms with E-state index in [9.17, 15) is 9.59 Å². The molecule has 114 valence electrons. The monoisotopic (exact) mass is 298 g/mol. The molecule has 5 heteroatoms. The second-order valence-corrected chi connectivity index (χ2v) is 4.86. The van der Waals surface area contributed by atoms with Gasteiger partial charge in [0.1, 0.15) is 0 Å². The Bertz CT molecular complexity index is 656. The molecule has 0 heterocycles. The smallest absolute Gasteiger partial charge is 0.340 e. The molecular formula is C17H18N2O3. The van der Waals surface area contributed by atoms with Crippen LogP contribution in [0.15, 0.2) is 54.6 Å². The summed E-state index contributed by atoms with van der Waals surface area (Å²) in [5, 5.41) is 2.77. The van der Waals surface area contributed by atoms with Gasteiger partial charge in [0.25, 0.3) is 5.91 Å². The lowest BCUT2D eigenvalue weighted by atomic mass is 10.1. The van der Waals surface area contributed by atoms with Gasteiger partial charge < -0.3 is 15.8 Å². The fourth-order valence-electron chi connectivity index (χ4n) is 2.00. The lowest BCUT2D eigenvalue weighted by Crippen LogP contribution is -2.31. The maximum Gasteiger partial charge on any atom is 0.340 e. The molecule has 0 saturated carbocycles. The molecule has 0 unspecified atom stereocenters. The maximum absolute atomic E-state index is 11.8. The van der Waals surface area contributed by atoms with Crippen molar-refractivity contribution < 1.29 is 14.3 Å². The van der Waals surface area contributed by atoms with Gasteiger partial charge in [0.15, 0.2) is 6.61 Å². The summed E-state index contributed by atoms with van der Waals surface area (Å²) in [5.74, 6) is -0.972. The van der Waals surface area contributed by atoms with Gasteiger partial charge in [-0.2, -0.15) is 0 Å². The fourth-order valence-corrected chi connectivity index (χ4v) is 2.00. The van der Waals surface area contributed by atoms with Crippen molar-refractivity contribution in [3.63, 3.8) is 0 Å². The largest absolute Gasteiger partial charge is 0.452 e. The van der Waals surface area contributed by atoms with E-state index < -0.39 is 5.97 Å². The number of hydrogen-bond donors (Lipinski definition) is 2. The van der Waals surface area contributed by atoms with Gasteiger partial charge in [0.05, 0.1) is 11.6 Å². The number of esters is 1. The minimum absolute atomic E-state index is 0.158. The first kappa shape index (κ1) is 15.6. The van der Waals surface area contributed by atoms with Gasteiger partial charge in [0.2, 0.25) is 0 Å². The first-order valence-corrected chi connectivity index (χ1v) is 6.94. The van der Waals surface area contributed by atoms with Gasteiger partial charge in [-0.3, -0.25) is 4.79 Å². The third-order valence-electron chi connectivity index (χ3n) is 3.19. The average molecular weight is 298 g/mol. The SMILES string of the molecule is C[C@@H](NC(=O)COC(=O)c1ccccc1N)c1ccccc1.